The number of fused-ring (bicyclic) bond motifs is 1. The first-order valence-corrected chi connectivity index (χ1v) is 6.40. The highest BCUT2D eigenvalue weighted by Gasteiger charge is 2.43. The van der Waals surface area contributed by atoms with Crippen molar-refractivity contribution in [1.82, 2.24) is 10.2 Å². The number of benzene rings is 1. The predicted molar refractivity (Wildman–Crippen MR) is 80.0 cm³/mol. The van der Waals surface area contributed by atoms with Gasteiger partial charge in [0.25, 0.3) is 0 Å². The number of rotatable bonds is 2. The zero-order valence-corrected chi connectivity index (χ0v) is 13.1. The molecule has 1 fully saturated rings. The molecule has 0 unspecified atom stereocenters. The van der Waals surface area contributed by atoms with Gasteiger partial charge in [-0.25, -0.2) is 0 Å². The van der Waals surface area contributed by atoms with Crippen molar-refractivity contribution in [2.24, 2.45) is 0 Å². The zero-order chi connectivity index (χ0) is 13.5. The number of nitrogens with zero attached hydrogens (tertiary/aromatic N) is 1. The molecule has 4 nitrogen and oxygen atoms in total. The molecule has 2 heterocycles. The van der Waals surface area contributed by atoms with Gasteiger partial charge in [0.1, 0.15) is 0 Å². The number of piperazine rings is 1. The highest BCUT2D eigenvalue weighted by Crippen LogP contribution is 2.42. The maximum Gasteiger partial charge on any atom is 0.586 e. The Morgan fingerprint density at radius 3 is 2.43 bits per heavy atom. The van der Waals surface area contributed by atoms with E-state index in [2.05, 4.69) is 26.6 Å². The predicted octanol–water partition coefficient (Wildman–Crippen LogP) is 2.82. The fourth-order valence-electron chi connectivity index (χ4n) is 2.51. The number of halogens is 4. The number of nitrogens with one attached hydrogen (secondary N) is 1. The van der Waals surface area contributed by atoms with Gasteiger partial charge in [-0.3, -0.25) is 4.90 Å². The topological polar surface area (TPSA) is 33.7 Å². The molecule has 0 saturated carbocycles. The SMILES string of the molecule is C[C@@H](c1ccc2c(c1)OC(F)(F)O2)N1CCNCC1.Cl.Cl. The summed E-state index contributed by atoms with van der Waals surface area (Å²) in [7, 11) is 0. The van der Waals surface area contributed by atoms with Crippen LogP contribution in [0, 0.1) is 0 Å². The number of ether oxygens (including phenoxy) is 2. The van der Waals surface area contributed by atoms with E-state index in [0.29, 0.717) is 0 Å². The largest absolute Gasteiger partial charge is 0.586 e. The van der Waals surface area contributed by atoms with E-state index in [1.54, 1.807) is 12.1 Å². The molecule has 3 rings (SSSR count). The van der Waals surface area contributed by atoms with Crippen molar-refractivity contribution >= 4 is 24.8 Å². The van der Waals surface area contributed by atoms with E-state index in [1.807, 2.05) is 6.07 Å². The highest BCUT2D eigenvalue weighted by molar-refractivity contribution is 5.85. The molecule has 0 aliphatic carbocycles. The summed E-state index contributed by atoms with van der Waals surface area (Å²) < 4.78 is 34.8. The average molecular weight is 343 g/mol. The lowest BCUT2D eigenvalue weighted by Crippen LogP contribution is -2.44. The van der Waals surface area contributed by atoms with Crippen LogP contribution < -0.4 is 14.8 Å². The van der Waals surface area contributed by atoms with Crippen molar-refractivity contribution in [2.45, 2.75) is 19.3 Å². The minimum Gasteiger partial charge on any atom is -0.395 e. The van der Waals surface area contributed by atoms with Gasteiger partial charge >= 0.3 is 6.29 Å². The Morgan fingerprint density at radius 2 is 1.76 bits per heavy atom. The van der Waals surface area contributed by atoms with Crippen LogP contribution in [-0.4, -0.2) is 37.4 Å². The Morgan fingerprint density at radius 1 is 1.14 bits per heavy atom. The van der Waals surface area contributed by atoms with Crippen LogP contribution in [0.15, 0.2) is 18.2 Å². The Bertz CT molecular complexity index is 485. The Balaban J connectivity index is 0.00000110. The Kier molecular flexibility index (Phi) is 6.04. The van der Waals surface area contributed by atoms with Gasteiger partial charge in [-0.05, 0) is 24.6 Å². The van der Waals surface area contributed by atoms with E-state index < -0.39 is 6.29 Å². The normalized spacial score (nSPS) is 21.1. The monoisotopic (exact) mass is 342 g/mol. The van der Waals surface area contributed by atoms with Crippen LogP contribution in [0.25, 0.3) is 0 Å². The third kappa shape index (κ3) is 3.88. The number of hydrogen-bond acceptors (Lipinski definition) is 4. The molecule has 2 aliphatic heterocycles. The van der Waals surface area contributed by atoms with E-state index >= 15 is 0 Å². The molecule has 0 radical (unpaired) electrons. The van der Waals surface area contributed by atoms with Crippen molar-refractivity contribution in [3.8, 4) is 11.5 Å². The molecule has 21 heavy (non-hydrogen) atoms. The standard InChI is InChI=1S/C13H16F2N2O2.2ClH/c1-9(17-6-4-16-5-7-17)10-2-3-11-12(8-10)19-13(14,15)18-11;;/h2-3,8-9,16H,4-7H2,1H3;2*1H/t9-;;/m0../s1. The maximum atomic E-state index is 13.0. The Hall–Kier alpha value is -0.820. The van der Waals surface area contributed by atoms with Crippen LogP contribution in [0.1, 0.15) is 18.5 Å². The van der Waals surface area contributed by atoms with Crippen molar-refractivity contribution in [3.05, 3.63) is 23.8 Å². The lowest BCUT2D eigenvalue weighted by atomic mass is 10.1. The van der Waals surface area contributed by atoms with E-state index in [1.165, 1.54) is 0 Å². The molecule has 1 saturated heterocycles. The molecule has 0 aromatic heterocycles. The fraction of sp³-hybridized carbons (Fsp3) is 0.538. The molecular formula is C13H18Cl2F2N2O2. The average Bonchev–Trinajstić information content (AvgIpc) is 2.71. The van der Waals surface area contributed by atoms with Gasteiger partial charge in [-0.15, -0.1) is 33.6 Å². The van der Waals surface area contributed by atoms with Gasteiger partial charge in [0.2, 0.25) is 0 Å². The summed E-state index contributed by atoms with van der Waals surface area (Å²) in [6, 6.07) is 5.17. The van der Waals surface area contributed by atoms with E-state index in [0.717, 1.165) is 31.7 Å². The van der Waals surface area contributed by atoms with Crippen molar-refractivity contribution in [3.63, 3.8) is 0 Å². The van der Waals surface area contributed by atoms with Gasteiger partial charge < -0.3 is 14.8 Å². The molecule has 0 amide bonds. The summed E-state index contributed by atoms with van der Waals surface area (Å²) in [4.78, 5) is 2.31. The first kappa shape index (κ1) is 18.2. The molecule has 0 bridgehead atoms. The first-order valence-electron chi connectivity index (χ1n) is 6.40. The summed E-state index contributed by atoms with van der Waals surface area (Å²) in [5.74, 6) is 0.214. The minimum absolute atomic E-state index is 0. The Labute approximate surface area is 134 Å². The smallest absolute Gasteiger partial charge is 0.395 e. The fourth-order valence-corrected chi connectivity index (χ4v) is 2.51. The van der Waals surface area contributed by atoms with E-state index in [9.17, 15) is 8.78 Å². The summed E-state index contributed by atoms with van der Waals surface area (Å²) in [5.41, 5.74) is 0.960. The van der Waals surface area contributed by atoms with Crippen LogP contribution in [0.5, 0.6) is 11.5 Å². The maximum absolute atomic E-state index is 13.0. The molecule has 1 aromatic carbocycles. The second-order valence-electron chi connectivity index (χ2n) is 4.84. The molecule has 1 N–H and O–H groups in total. The van der Waals surface area contributed by atoms with Crippen molar-refractivity contribution < 1.29 is 18.3 Å². The van der Waals surface area contributed by atoms with Crippen LogP contribution in [0.4, 0.5) is 8.78 Å². The molecule has 1 atom stereocenters. The minimum atomic E-state index is -3.54. The quantitative estimate of drug-likeness (QED) is 0.896. The van der Waals surface area contributed by atoms with Crippen LogP contribution in [0.2, 0.25) is 0 Å². The lowest BCUT2D eigenvalue weighted by molar-refractivity contribution is -0.286. The molecule has 2 aliphatic rings. The van der Waals surface area contributed by atoms with Crippen LogP contribution in [-0.2, 0) is 0 Å². The van der Waals surface area contributed by atoms with E-state index in [-0.39, 0.29) is 42.4 Å². The van der Waals surface area contributed by atoms with Gasteiger partial charge in [0.15, 0.2) is 11.5 Å². The lowest BCUT2D eigenvalue weighted by Gasteiger charge is -2.33. The third-order valence-electron chi connectivity index (χ3n) is 3.61. The van der Waals surface area contributed by atoms with E-state index in [4.69, 9.17) is 0 Å². The van der Waals surface area contributed by atoms with Crippen molar-refractivity contribution in [2.75, 3.05) is 26.2 Å². The first-order chi connectivity index (χ1) is 9.05. The van der Waals surface area contributed by atoms with Gasteiger partial charge in [0.05, 0.1) is 0 Å². The summed E-state index contributed by atoms with van der Waals surface area (Å²) in [6.45, 7) is 5.87. The van der Waals surface area contributed by atoms with Crippen LogP contribution in [0.3, 0.4) is 0 Å². The summed E-state index contributed by atoms with van der Waals surface area (Å²) >= 11 is 0. The van der Waals surface area contributed by atoms with Gasteiger partial charge in [0, 0.05) is 32.2 Å². The highest BCUT2D eigenvalue weighted by atomic mass is 35.5. The second kappa shape index (κ2) is 6.96. The summed E-state index contributed by atoms with van der Waals surface area (Å²) in [6.07, 6.45) is -3.54. The van der Waals surface area contributed by atoms with Gasteiger partial charge in [-0.1, -0.05) is 6.07 Å². The van der Waals surface area contributed by atoms with Crippen LogP contribution >= 0.6 is 24.8 Å². The molecule has 8 heteroatoms. The molecule has 0 spiro atoms. The van der Waals surface area contributed by atoms with Crippen molar-refractivity contribution in [1.29, 1.82) is 0 Å². The molecule has 120 valence electrons. The van der Waals surface area contributed by atoms with Gasteiger partial charge in [-0.2, -0.15) is 0 Å². The second-order valence-corrected chi connectivity index (χ2v) is 4.84. The molecule has 1 aromatic rings. The third-order valence-corrected chi connectivity index (χ3v) is 3.61. The summed E-state index contributed by atoms with van der Waals surface area (Å²) in [5, 5.41) is 3.29. The zero-order valence-electron chi connectivity index (χ0n) is 11.5. The molecular weight excluding hydrogens is 325 g/mol. The number of hydrogen-bond donors (Lipinski definition) is 1. The number of alkyl halides is 2.